The third kappa shape index (κ3) is 2.33. The minimum absolute atomic E-state index is 0.00935. The second-order valence-electron chi connectivity index (χ2n) is 3.70. The van der Waals surface area contributed by atoms with E-state index in [4.69, 9.17) is 10.3 Å². The van der Waals surface area contributed by atoms with Crippen LogP contribution in [0.3, 0.4) is 0 Å². The molecular formula is C10H9FN4O3. The van der Waals surface area contributed by atoms with Gasteiger partial charge in [-0.25, -0.2) is 4.39 Å². The second kappa shape index (κ2) is 4.49. The van der Waals surface area contributed by atoms with Gasteiger partial charge in [-0.3, -0.25) is 10.1 Å². The Kier molecular flexibility index (Phi) is 3.02. The quantitative estimate of drug-likeness (QED) is 0.659. The van der Waals surface area contributed by atoms with E-state index in [0.717, 1.165) is 18.2 Å². The number of nitrogens with two attached hydrogens (primary N) is 1. The van der Waals surface area contributed by atoms with E-state index < -0.39 is 16.8 Å². The molecule has 0 bridgehead atoms. The summed E-state index contributed by atoms with van der Waals surface area (Å²) < 4.78 is 18.1. The van der Waals surface area contributed by atoms with Crippen LogP contribution in [0.5, 0.6) is 0 Å². The maximum absolute atomic E-state index is 13.2. The van der Waals surface area contributed by atoms with Crippen molar-refractivity contribution in [3.8, 4) is 11.5 Å². The summed E-state index contributed by atoms with van der Waals surface area (Å²) in [5, 5.41) is 14.2. The predicted octanol–water partition coefficient (Wildman–Crippen LogP) is 1.80. The van der Waals surface area contributed by atoms with Crippen molar-refractivity contribution in [2.45, 2.75) is 13.0 Å². The number of rotatable bonds is 3. The summed E-state index contributed by atoms with van der Waals surface area (Å²) in [5.41, 5.74) is 5.30. The second-order valence-corrected chi connectivity index (χ2v) is 3.70. The third-order valence-electron chi connectivity index (χ3n) is 2.19. The predicted molar refractivity (Wildman–Crippen MR) is 58.9 cm³/mol. The van der Waals surface area contributed by atoms with Gasteiger partial charge in [0.25, 0.3) is 11.6 Å². The summed E-state index contributed by atoms with van der Waals surface area (Å²) in [4.78, 5) is 13.8. The highest BCUT2D eigenvalue weighted by Crippen LogP contribution is 2.24. The smallest absolute Gasteiger partial charge is 0.273 e. The molecule has 2 aromatic rings. The topological polar surface area (TPSA) is 108 Å². The summed E-state index contributed by atoms with van der Waals surface area (Å²) in [6, 6.07) is 2.60. The van der Waals surface area contributed by atoms with Crippen molar-refractivity contribution in [3.05, 3.63) is 40.0 Å². The number of non-ortho nitro benzene ring substituents is 1. The van der Waals surface area contributed by atoms with E-state index in [1.807, 2.05) is 0 Å². The normalized spacial score (nSPS) is 12.4. The lowest BCUT2D eigenvalue weighted by Gasteiger charge is -1.96. The van der Waals surface area contributed by atoms with Crippen molar-refractivity contribution in [2.24, 2.45) is 5.73 Å². The molecule has 0 aliphatic carbocycles. The van der Waals surface area contributed by atoms with Crippen LogP contribution in [0.15, 0.2) is 22.7 Å². The fourth-order valence-electron chi connectivity index (χ4n) is 1.34. The molecule has 0 amide bonds. The molecule has 0 aliphatic rings. The van der Waals surface area contributed by atoms with Gasteiger partial charge in [0, 0.05) is 11.6 Å². The Balaban J connectivity index is 2.46. The standard InChI is InChI=1S/C10H9FN4O3/c1-5(12)9-13-10(18-14-9)6-2-7(11)4-8(3-6)15(16)17/h2-5H,12H2,1H3. The monoisotopic (exact) mass is 252 g/mol. The average molecular weight is 252 g/mol. The lowest BCUT2D eigenvalue weighted by atomic mass is 10.2. The molecule has 1 aromatic heterocycles. The van der Waals surface area contributed by atoms with E-state index in [-0.39, 0.29) is 23.0 Å². The van der Waals surface area contributed by atoms with E-state index in [0.29, 0.717) is 0 Å². The lowest BCUT2D eigenvalue weighted by Crippen LogP contribution is -2.06. The molecule has 0 fully saturated rings. The highest BCUT2D eigenvalue weighted by Gasteiger charge is 2.16. The van der Waals surface area contributed by atoms with Crippen LogP contribution in [0.4, 0.5) is 10.1 Å². The van der Waals surface area contributed by atoms with Crippen molar-refractivity contribution < 1.29 is 13.8 Å². The molecule has 2 N–H and O–H groups in total. The summed E-state index contributed by atoms with van der Waals surface area (Å²) in [7, 11) is 0. The molecule has 2 rings (SSSR count). The highest BCUT2D eigenvalue weighted by molar-refractivity contribution is 5.57. The summed E-state index contributed by atoms with van der Waals surface area (Å²) in [5.74, 6) is -0.512. The number of nitrogens with zero attached hydrogens (tertiary/aromatic N) is 3. The van der Waals surface area contributed by atoms with Crippen molar-refractivity contribution in [1.29, 1.82) is 0 Å². The molecule has 0 spiro atoms. The Labute approximate surface area is 101 Å². The Morgan fingerprint density at radius 3 is 2.78 bits per heavy atom. The maximum Gasteiger partial charge on any atom is 0.273 e. The van der Waals surface area contributed by atoms with Gasteiger partial charge < -0.3 is 10.3 Å². The molecule has 1 atom stereocenters. The number of nitro groups is 1. The van der Waals surface area contributed by atoms with Gasteiger partial charge in [0.05, 0.1) is 17.0 Å². The van der Waals surface area contributed by atoms with E-state index >= 15 is 0 Å². The summed E-state index contributed by atoms with van der Waals surface area (Å²) >= 11 is 0. The fraction of sp³-hybridized carbons (Fsp3) is 0.200. The van der Waals surface area contributed by atoms with Crippen LogP contribution >= 0.6 is 0 Å². The number of halogens is 1. The van der Waals surface area contributed by atoms with Gasteiger partial charge >= 0.3 is 0 Å². The van der Waals surface area contributed by atoms with Gasteiger partial charge in [-0.2, -0.15) is 4.98 Å². The van der Waals surface area contributed by atoms with Gasteiger partial charge in [0.2, 0.25) is 0 Å². The number of aromatic nitrogens is 2. The summed E-state index contributed by atoms with van der Waals surface area (Å²) in [6.07, 6.45) is 0. The molecule has 0 saturated heterocycles. The van der Waals surface area contributed by atoms with Crippen LogP contribution in [0.1, 0.15) is 18.8 Å². The Morgan fingerprint density at radius 2 is 2.22 bits per heavy atom. The van der Waals surface area contributed by atoms with Crippen molar-refractivity contribution in [1.82, 2.24) is 10.1 Å². The Hall–Kier alpha value is -2.35. The highest BCUT2D eigenvalue weighted by atomic mass is 19.1. The zero-order valence-corrected chi connectivity index (χ0v) is 9.33. The van der Waals surface area contributed by atoms with Gasteiger partial charge in [-0.1, -0.05) is 5.16 Å². The molecule has 1 aromatic carbocycles. The van der Waals surface area contributed by atoms with Crippen LogP contribution in [0.25, 0.3) is 11.5 Å². The number of hydrogen-bond donors (Lipinski definition) is 1. The van der Waals surface area contributed by atoms with Crippen LogP contribution in [0.2, 0.25) is 0 Å². The SMILES string of the molecule is CC(N)c1noc(-c2cc(F)cc([N+](=O)[O-])c2)n1. The van der Waals surface area contributed by atoms with Crippen LogP contribution in [-0.4, -0.2) is 15.1 Å². The van der Waals surface area contributed by atoms with Gasteiger partial charge in [-0.15, -0.1) is 0 Å². The molecule has 1 unspecified atom stereocenters. The molecule has 1 heterocycles. The third-order valence-corrected chi connectivity index (χ3v) is 2.19. The largest absolute Gasteiger partial charge is 0.334 e. The Morgan fingerprint density at radius 1 is 1.50 bits per heavy atom. The zero-order chi connectivity index (χ0) is 13.3. The molecule has 18 heavy (non-hydrogen) atoms. The van der Waals surface area contributed by atoms with E-state index in [1.54, 1.807) is 6.92 Å². The first-order valence-electron chi connectivity index (χ1n) is 5.02. The first kappa shape index (κ1) is 12.1. The molecule has 0 saturated carbocycles. The van der Waals surface area contributed by atoms with Gasteiger partial charge in [0.15, 0.2) is 5.82 Å². The van der Waals surface area contributed by atoms with Crippen LogP contribution in [-0.2, 0) is 0 Å². The van der Waals surface area contributed by atoms with Crippen LogP contribution in [0, 0.1) is 15.9 Å². The minimum atomic E-state index is -0.750. The fourth-order valence-corrected chi connectivity index (χ4v) is 1.34. The van der Waals surface area contributed by atoms with E-state index in [2.05, 4.69) is 10.1 Å². The Bertz CT molecular complexity index is 597. The first-order valence-corrected chi connectivity index (χ1v) is 5.02. The van der Waals surface area contributed by atoms with E-state index in [1.165, 1.54) is 0 Å². The van der Waals surface area contributed by atoms with Crippen molar-refractivity contribution in [2.75, 3.05) is 0 Å². The molecule has 0 aliphatic heterocycles. The van der Waals surface area contributed by atoms with Crippen LogP contribution < -0.4 is 5.73 Å². The number of nitro benzene ring substituents is 1. The lowest BCUT2D eigenvalue weighted by molar-refractivity contribution is -0.385. The zero-order valence-electron chi connectivity index (χ0n) is 9.33. The average Bonchev–Trinajstić information content (AvgIpc) is 2.77. The number of benzene rings is 1. The van der Waals surface area contributed by atoms with Crippen molar-refractivity contribution >= 4 is 5.69 Å². The van der Waals surface area contributed by atoms with Gasteiger partial charge in [-0.05, 0) is 13.0 Å². The minimum Gasteiger partial charge on any atom is -0.334 e. The molecule has 0 radical (unpaired) electrons. The first-order chi connectivity index (χ1) is 8.47. The molecular weight excluding hydrogens is 243 g/mol. The molecule has 8 heteroatoms. The van der Waals surface area contributed by atoms with Crippen molar-refractivity contribution in [3.63, 3.8) is 0 Å². The molecule has 94 valence electrons. The summed E-state index contributed by atoms with van der Waals surface area (Å²) in [6.45, 7) is 1.66. The molecule has 7 nitrogen and oxygen atoms in total. The van der Waals surface area contributed by atoms with E-state index in [9.17, 15) is 14.5 Å². The maximum atomic E-state index is 13.2. The van der Waals surface area contributed by atoms with Gasteiger partial charge in [0.1, 0.15) is 5.82 Å². The number of hydrogen-bond acceptors (Lipinski definition) is 6.